The standard InChI is InChI=1S/C21H35NO4Si.C20H32O2Si.CH3NO2/c1-4-5-6-7-8-12-15-27(2,3)20(17-22(24)25)16-21(23)26-18-19-13-10-9-11-14-19;1-4-5-6-7-8-12-16-23(2,3)17-15-20(21)22-18-19-13-10-9-11-14-19;1-2(3)4/h9-11,13-14,20H,4-8,12,15-18H2,1-3H3;9-11,13-15,17H,4-8,12,16,18H2,1-3H3;1H3/b;17-15+;. The molecule has 12 heteroatoms. The molecule has 0 amide bonds. The second-order valence-electron chi connectivity index (χ2n) is 15.4. The molecule has 0 radical (unpaired) electrons. The first kappa shape index (κ1) is 50.4. The summed E-state index contributed by atoms with van der Waals surface area (Å²) in [6.07, 6.45) is 17.1. The van der Waals surface area contributed by atoms with Gasteiger partial charge in [0.15, 0.2) is 7.05 Å². The van der Waals surface area contributed by atoms with E-state index >= 15 is 0 Å². The number of unbranched alkanes of at least 4 members (excludes halogenated alkanes) is 10. The number of rotatable bonds is 25. The van der Waals surface area contributed by atoms with Gasteiger partial charge in [-0.2, -0.15) is 0 Å². The Morgan fingerprint density at radius 3 is 1.57 bits per heavy atom. The smallest absolute Gasteiger partial charge is 0.330 e. The van der Waals surface area contributed by atoms with Gasteiger partial charge in [0, 0.05) is 21.5 Å². The SMILES string of the molecule is CCCCCCCC[Si](C)(C)/C=C/C(=O)OCc1ccccc1.CCCCCCCC[Si](C)(C)C(CC(=O)OCc1ccccc1)C[N+](=O)[O-].C[N+](=O)[O-]. The monoisotopic (exact) mass is 786 g/mol. The molecule has 0 bridgehead atoms. The number of ether oxygens (including phenoxy) is 2. The molecular formula is C42H70N2O8Si2. The summed E-state index contributed by atoms with van der Waals surface area (Å²) in [5.74, 6) is -0.549. The molecule has 304 valence electrons. The van der Waals surface area contributed by atoms with Crippen LogP contribution in [0.4, 0.5) is 0 Å². The molecule has 10 nitrogen and oxygen atoms in total. The molecule has 2 rings (SSSR count). The van der Waals surface area contributed by atoms with Crippen molar-refractivity contribution >= 4 is 28.1 Å². The van der Waals surface area contributed by atoms with Crippen molar-refractivity contribution in [2.45, 2.75) is 154 Å². The molecule has 1 unspecified atom stereocenters. The van der Waals surface area contributed by atoms with Crippen LogP contribution in [0.25, 0.3) is 0 Å². The first-order chi connectivity index (χ1) is 25.6. The fourth-order valence-electron chi connectivity index (χ4n) is 5.85. The van der Waals surface area contributed by atoms with Crippen molar-refractivity contribution in [2.24, 2.45) is 0 Å². The van der Waals surface area contributed by atoms with Gasteiger partial charge in [-0.3, -0.25) is 25.0 Å². The normalized spacial score (nSPS) is 11.8. The van der Waals surface area contributed by atoms with Crippen LogP contribution < -0.4 is 0 Å². The Bertz CT molecular complexity index is 1320. The lowest BCUT2D eigenvalue weighted by Crippen LogP contribution is -2.38. The molecule has 54 heavy (non-hydrogen) atoms. The van der Waals surface area contributed by atoms with E-state index in [0.717, 1.165) is 30.6 Å². The average molecular weight is 787 g/mol. The van der Waals surface area contributed by atoms with Crippen LogP contribution in [0, 0.1) is 20.2 Å². The summed E-state index contributed by atoms with van der Waals surface area (Å²) in [7, 11) is -2.41. The first-order valence-corrected chi connectivity index (χ1v) is 26.5. The Morgan fingerprint density at radius 2 is 1.11 bits per heavy atom. The second kappa shape index (κ2) is 30.7. The predicted octanol–water partition coefficient (Wildman–Crippen LogP) is 11.6. The molecule has 0 aliphatic carbocycles. The summed E-state index contributed by atoms with van der Waals surface area (Å²) in [4.78, 5) is 43.3. The van der Waals surface area contributed by atoms with Crippen LogP contribution in [-0.4, -0.2) is 51.5 Å². The van der Waals surface area contributed by atoms with E-state index in [9.17, 15) is 19.7 Å². The number of carbonyl (C=O) groups is 2. The lowest BCUT2D eigenvalue weighted by atomic mass is 10.1. The van der Waals surface area contributed by atoms with Crippen LogP contribution in [0.5, 0.6) is 0 Å². The summed E-state index contributed by atoms with van der Waals surface area (Å²) < 4.78 is 10.7. The minimum Gasteiger partial charge on any atom is -0.461 e. The van der Waals surface area contributed by atoms with Gasteiger partial charge in [0.05, 0.1) is 22.6 Å². The summed E-state index contributed by atoms with van der Waals surface area (Å²) in [6.45, 7) is 13.9. The maximum atomic E-state index is 12.3. The lowest BCUT2D eigenvalue weighted by Gasteiger charge is -2.29. The molecule has 1 atom stereocenters. The average Bonchev–Trinajstić information content (AvgIpc) is 3.12. The number of benzene rings is 2. The van der Waals surface area contributed by atoms with Crippen LogP contribution in [0.3, 0.4) is 0 Å². The van der Waals surface area contributed by atoms with Gasteiger partial charge in [-0.25, -0.2) is 4.79 Å². The third-order valence-corrected chi connectivity index (χ3v) is 16.3. The minimum atomic E-state index is -1.88. The van der Waals surface area contributed by atoms with E-state index in [1.165, 1.54) is 76.7 Å². The molecule has 0 fully saturated rings. The molecule has 2 aromatic carbocycles. The van der Waals surface area contributed by atoms with Crippen molar-refractivity contribution in [2.75, 3.05) is 13.6 Å². The van der Waals surface area contributed by atoms with E-state index in [2.05, 4.69) is 45.7 Å². The van der Waals surface area contributed by atoms with E-state index < -0.39 is 21.1 Å². The largest absolute Gasteiger partial charge is 0.461 e. The van der Waals surface area contributed by atoms with Crippen molar-refractivity contribution < 1.29 is 28.9 Å². The van der Waals surface area contributed by atoms with Gasteiger partial charge in [0.2, 0.25) is 6.54 Å². The molecule has 0 N–H and O–H groups in total. The van der Waals surface area contributed by atoms with Crippen molar-refractivity contribution in [1.82, 2.24) is 0 Å². The Balaban J connectivity index is 0.000000955. The Labute approximate surface area is 327 Å². The van der Waals surface area contributed by atoms with Crippen molar-refractivity contribution in [1.29, 1.82) is 0 Å². The Morgan fingerprint density at radius 1 is 0.685 bits per heavy atom. The molecule has 0 aromatic heterocycles. The number of nitro groups is 2. The second-order valence-corrected chi connectivity index (χ2v) is 25.5. The van der Waals surface area contributed by atoms with Gasteiger partial charge in [0.1, 0.15) is 13.2 Å². The molecule has 0 saturated carbocycles. The highest BCUT2D eigenvalue weighted by Gasteiger charge is 2.36. The highest BCUT2D eigenvalue weighted by Crippen LogP contribution is 2.32. The number of hydrogen-bond donors (Lipinski definition) is 0. The molecule has 0 aliphatic heterocycles. The number of esters is 2. The van der Waals surface area contributed by atoms with Gasteiger partial charge >= 0.3 is 11.9 Å². The van der Waals surface area contributed by atoms with E-state index in [1.54, 1.807) is 6.08 Å². The van der Waals surface area contributed by atoms with E-state index in [1.807, 2.05) is 60.7 Å². The predicted molar refractivity (Wildman–Crippen MR) is 226 cm³/mol. The fourth-order valence-corrected chi connectivity index (χ4v) is 10.7. The van der Waals surface area contributed by atoms with Gasteiger partial charge in [-0.1, -0.05) is 196 Å². The lowest BCUT2D eigenvalue weighted by molar-refractivity contribution is -0.480. The van der Waals surface area contributed by atoms with Gasteiger partial charge in [0.25, 0.3) is 0 Å². The van der Waals surface area contributed by atoms with Crippen molar-refractivity contribution in [3.8, 4) is 0 Å². The van der Waals surface area contributed by atoms with Crippen LogP contribution in [0.15, 0.2) is 72.4 Å². The zero-order chi connectivity index (χ0) is 40.7. The molecule has 0 saturated heterocycles. The summed E-state index contributed by atoms with van der Waals surface area (Å²) in [5.41, 5.74) is 3.91. The summed E-state index contributed by atoms with van der Waals surface area (Å²) >= 11 is 0. The highest BCUT2D eigenvalue weighted by molar-refractivity contribution is 6.82. The van der Waals surface area contributed by atoms with Crippen molar-refractivity contribution in [3.05, 3.63) is 104 Å². The first-order valence-electron chi connectivity index (χ1n) is 19.9. The van der Waals surface area contributed by atoms with Crippen LogP contribution in [0.2, 0.25) is 43.8 Å². The minimum absolute atomic E-state index is 0.129. The fraction of sp³-hybridized carbons (Fsp3) is 0.619. The van der Waals surface area contributed by atoms with E-state index in [4.69, 9.17) is 19.6 Å². The van der Waals surface area contributed by atoms with Gasteiger partial charge in [-0.05, 0) is 11.1 Å². The van der Waals surface area contributed by atoms with E-state index in [0.29, 0.717) is 6.61 Å². The highest BCUT2D eigenvalue weighted by atomic mass is 28.3. The molecule has 2 aromatic rings. The van der Waals surface area contributed by atoms with Crippen LogP contribution >= 0.6 is 0 Å². The molecular weight excluding hydrogens is 717 g/mol. The van der Waals surface area contributed by atoms with Crippen LogP contribution in [0.1, 0.15) is 108 Å². The Kier molecular flexibility index (Phi) is 28.6. The number of carbonyl (C=O) groups excluding carboxylic acids is 2. The van der Waals surface area contributed by atoms with Gasteiger partial charge in [-0.15, -0.1) is 0 Å². The van der Waals surface area contributed by atoms with Crippen molar-refractivity contribution in [3.63, 3.8) is 0 Å². The molecule has 0 aliphatic rings. The number of nitrogens with zero attached hydrogens (tertiary/aromatic N) is 2. The summed E-state index contributed by atoms with van der Waals surface area (Å²) in [6, 6.07) is 21.6. The maximum absolute atomic E-state index is 12.3. The zero-order valence-electron chi connectivity index (χ0n) is 34.4. The van der Waals surface area contributed by atoms with E-state index in [-0.39, 0.29) is 42.0 Å². The summed E-state index contributed by atoms with van der Waals surface area (Å²) in [5, 5.41) is 19.9. The quantitative estimate of drug-likeness (QED) is 0.0242. The number of hydrogen-bond acceptors (Lipinski definition) is 8. The molecule has 0 heterocycles. The topological polar surface area (TPSA) is 139 Å². The maximum Gasteiger partial charge on any atom is 0.330 e. The molecule has 0 spiro atoms. The van der Waals surface area contributed by atoms with Crippen LogP contribution in [-0.2, 0) is 32.3 Å². The Hall–Kier alpha value is -3.65. The third kappa shape index (κ3) is 29.8. The zero-order valence-corrected chi connectivity index (χ0v) is 36.4. The van der Waals surface area contributed by atoms with Gasteiger partial charge < -0.3 is 9.47 Å². The third-order valence-electron chi connectivity index (χ3n) is 9.37.